The number of hydrogen-bond donors (Lipinski definition) is 0. The number of carbonyl (C=O) groups excluding carboxylic acids is 2. The third-order valence-corrected chi connectivity index (χ3v) is 2.64. The van der Waals surface area contributed by atoms with Gasteiger partial charge in [-0.15, -0.1) is 0 Å². The molecule has 1 unspecified atom stereocenters. The second kappa shape index (κ2) is 7.74. The Morgan fingerprint density at radius 1 is 1.53 bits per heavy atom. The van der Waals surface area contributed by atoms with Gasteiger partial charge in [0.15, 0.2) is 0 Å². The molecule has 106 valence electrons. The molecule has 1 atom stereocenters. The lowest BCUT2D eigenvalue weighted by Crippen LogP contribution is -2.09. The van der Waals surface area contributed by atoms with Crippen LogP contribution in [-0.4, -0.2) is 38.4 Å². The lowest BCUT2D eigenvalue weighted by atomic mass is 10.2. The Balaban J connectivity index is 0.000000191. The van der Waals surface area contributed by atoms with Crippen molar-refractivity contribution in [3.8, 4) is 0 Å². The molecule has 5 heteroatoms. The van der Waals surface area contributed by atoms with Gasteiger partial charge in [-0.05, 0) is 26.2 Å². The number of rotatable bonds is 4. The molecule has 0 aromatic rings. The van der Waals surface area contributed by atoms with E-state index in [1.807, 2.05) is 6.08 Å². The van der Waals surface area contributed by atoms with Crippen LogP contribution in [0, 0.1) is 0 Å². The standard InChI is InChI=1S/C7H10O3.C7H10O2/c1-5(2)7(8)10-4-6-3-9-6;1-9-7(8)6-4-2-3-5-6/h6H,1,3-4H2,2H3;4H,2-3,5H2,1H3. The van der Waals surface area contributed by atoms with Gasteiger partial charge in [0.25, 0.3) is 0 Å². The highest BCUT2D eigenvalue weighted by molar-refractivity contribution is 5.88. The van der Waals surface area contributed by atoms with Crippen LogP contribution in [0.5, 0.6) is 0 Å². The highest BCUT2D eigenvalue weighted by Crippen LogP contribution is 2.17. The summed E-state index contributed by atoms with van der Waals surface area (Å²) in [6.45, 7) is 6.14. The Labute approximate surface area is 113 Å². The van der Waals surface area contributed by atoms with E-state index in [4.69, 9.17) is 9.47 Å². The Morgan fingerprint density at radius 2 is 2.21 bits per heavy atom. The van der Waals surface area contributed by atoms with E-state index in [1.54, 1.807) is 6.92 Å². The summed E-state index contributed by atoms with van der Waals surface area (Å²) in [6, 6.07) is 0. The van der Waals surface area contributed by atoms with Crippen LogP contribution < -0.4 is 0 Å². The maximum atomic E-state index is 10.7. The topological polar surface area (TPSA) is 65.1 Å². The summed E-state index contributed by atoms with van der Waals surface area (Å²) in [4.78, 5) is 21.4. The average molecular weight is 268 g/mol. The van der Waals surface area contributed by atoms with Crippen LogP contribution >= 0.6 is 0 Å². The van der Waals surface area contributed by atoms with E-state index in [1.165, 1.54) is 7.11 Å². The molecular weight excluding hydrogens is 248 g/mol. The van der Waals surface area contributed by atoms with Crippen LogP contribution in [0.3, 0.4) is 0 Å². The molecule has 0 N–H and O–H groups in total. The molecule has 1 saturated heterocycles. The maximum Gasteiger partial charge on any atom is 0.333 e. The van der Waals surface area contributed by atoms with Crippen molar-refractivity contribution in [3.05, 3.63) is 23.8 Å². The number of ether oxygens (including phenoxy) is 3. The Bertz CT molecular complexity index is 379. The van der Waals surface area contributed by atoms with Gasteiger partial charge in [-0.25, -0.2) is 9.59 Å². The summed E-state index contributed by atoms with van der Waals surface area (Å²) in [6.07, 6.45) is 5.12. The van der Waals surface area contributed by atoms with Crippen LogP contribution in [0.15, 0.2) is 23.8 Å². The molecule has 1 aliphatic heterocycles. The molecule has 1 aliphatic carbocycles. The molecule has 19 heavy (non-hydrogen) atoms. The van der Waals surface area contributed by atoms with E-state index in [0.29, 0.717) is 18.8 Å². The second-order valence-corrected chi connectivity index (χ2v) is 4.45. The molecule has 2 aliphatic rings. The van der Waals surface area contributed by atoms with Gasteiger partial charge in [0, 0.05) is 11.1 Å². The van der Waals surface area contributed by atoms with E-state index in [0.717, 1.165) is 24.8 Å². The first kappa shape index (κ1) is 15.4. The van der Waals surface area contributed by atoms with Crippen LogP contribution in [0.2, 0.25) is 0 Å². The maximum absolute atomic E-state index is 10.7. The van der Waals surface area contributed by atoms with Gasteiger partial charge in [-0.2, -0.15) is 0 Å². The molecule has 0 aromatic carbocycles. The van der Waals surface area contributed by atoms with Crippen LogP contribution in [0.25, 0.3) is 0 Å². The lowest BCUT2D eigenvalue weighted by molar-refractivity contribution is -0.139. The summed E-state index contributed by atoms with van der Waals surface area (Å²) in [5, 5.41) is 0. The molecule has 0 amide bonds. The molecule has 1 fully saturated rings. The van der Waals surface area contributed by atoms with Crippen LogP contribution in [-0.2, 0) is 23.8 Å². The van der Waals surface area contributed by atoms with Crippen LogP contribution in [0.1, 0.15) is 26.2 Å². The fraction of sp³-hybridized carbons (Fsp3) is 0.571. The van der Waals surface area contributed by atoms with Gasteiger partial charge in [-0.3, -0.25) is 0 Å². The third-order valence-electron chi connectivity index (χ3n) is 2.64. The number of methoxy groups -OCH3 is 1. The number of epoxide rings is 1. The number of esters is 2. The largest absolute Gasteiger partial charge is 0.466 e. The molecule has 0 radical (unpaired) electrons. The lowest BCUT2D eigenvalue weighted by Gasteiger charge is -1.99. The molecule has 0 spiro atoms. The molecule has 5 nitrogen and oxygen atoms in total. The molecule has 0 saturated carbocycles. The van der Waals surface area contributed by atoms with Gasteiger partial charge < -0.3 is 14.2 Å². The third kappa shape index (κ3) is 6.20. The Hall–Kier alpha value is -1.62. The number of carbonyl (C=O) groups is 2. The Morgan fingerprint density at radius 3 is 2.63 bits per heavy atom. The van der Waals surface area contributed by atoms with E-state index in [9.17, 15) is 9.59 Å². The molecule has 1 heterocycles. The summed E-state index contributed by atoms with van der Waals surface area (Å²) >= 11 is 0. The van der Waals surface area contributed by atoms with Crippen molar-refractivity contribution < 1.29 is 23.8 Å². The van der Waals surface area contributed by atoms with E-state index >= 15 is 0 Å². The fourth-order valence-electron chi connectivity index (χ4n) is 1.44. The number of hydrogen-bond acceptors (Lipinski definition) is 5. The minimum Gasteiger partial charge on any atom is -0.466 e. The van der Waals surface area contributed by atoms with Crippen molar-refractivity contribution in [2.75, 3.05) is 20.3 Å². The summed E-state index contributed by atoms with van der Waals surface area (Å²) in [5.41, 5.74) is 1.28. The first-order valence-electron chi connectivity index (χ1n) is 6.26. The minimum absolute atomic E-state index is 0.142. The SMILES string of the molecule is C=C(C)C(=O)OCC1CO1.COC(=O)C1=CCCC1. The van der Waals surface area contributed by atoms with Crippen molar-refractivity contribution in [2.24, 2.45) is 0 Å². The zero-order chi connectivity index (χ0) is 14.3. The van der Waals surface area contributed by atoms with Crippen LogP contribution in [0.4, 0.5) is 0 Å². The quantitative estimate of drug-likeness (QED) is 0.441. The first-order valence-corrected chi connectivity index (χ1v) is 6.26. The van der Waals surface area contributed by atoms with E-state index < -0.39 is 0 Å². The molecular formula is C14H20O5. The fourth-order valence-corrected chi connectivity index (χ4v) is 1.44. The average Bonchev–Trinajstić information content (AvgIpc) is 3.07. The second-order valence-electron chi connectivity index (χ2n) is 4.45. The van der Waals surface area contributed by atoms with Gasteiger partial charge in [0.2, 0.25) is 0 Å². The first-order chi connectivity index (χ1) is 9.04. The zero-order valence-electron chi connectivity index (χ0n) is 11.4. The van der Waals surface area contributed by atoms with Gasteiger partial charge >= 0.3 is 11.9 Å². The molecule has 2 rings (SSSR count). The normalized spacial score (nSPS) is 19.7. The summed E-state index contributed by atoms with van der Waals surface area (Å²) in [5.74, 6) is -0.497. The van der Waals surface area contributed by atoms with Crippen molar-refractivity contribution >= 4 is 11.9 Å². The number of allylic oxidation sites excluding steroid dienone is 1. The minimum atomic E-state index is -0.337. The van der Waals surface area contributed by atoms with E-state index in [2.05, 4.69) is 11.3 Å². The molecule has 0 aromatic heterocycles. The highest BCUT2D eigenvalue weighted by atomic mass is 16.6. The summed E-state index contributed by atoms with van der Waals surface area (Å²) < 4.78 is 14.1. The highest BCUT2D eigenvalue weighted by Gasteiger charge is 2.24. The smallest absolute Gasteiger partial charge is 0.333 e. The summed E-state index contributed by atoms with van der Waals surface area (Å²) in [7, 11) is 1.42. The van der Waals surface area contributed by atoms with Crippen molar-refractivity contribution in [1.29, 1.82) is 0 Å². The monoisotopic (exact) mass is 268 g/mol. The molecule has 0 bridgehead atoms. The van der Waals surface area contributed by atoms with Gasteiger partial charge in [0.05, 0.1) is 13.7 Å². The Kier molecular flexibility index (Phi) is 6.29. The van der Waals surface area contributed by atoms with Crippen molar-refractivity contribution in [1.82, 2.24) is 0 Å². The predicted octanol–water partition coefficient (Wildman–Crippen LogP) is 1.77. The predicted molar refractivity (Wildman–Crippen MR) is 69.5 cm³/mol. The van der Waals surface area contributed by atoms with Crippen molar-refractivity contribution in [3.63, 3.8) is 0 Å². The van der Waals surface area contributed by atoms with E-state index in [-0.39, 0.29) is 18.0 Å². The van der Waals surface area contributed by atoms with Gasteiger partial charge in [0.1, 0.15) is 12.7 Å². The van der Waals surface area contributed by atoms with Gasteiger partial charge in [-0.1, -0.05) is 12.7 Å². The van der Waals surface area contributed by atoms with Crippen molar-refractivity contribution in [2.45, 2.75) is 32.3 Å². The zero-order valence-corrected chi connectivity index (χ0v) is 11.4.